The first-order valence-electron chi connectivity index (χ1n) is 5.90. The highest BCUT2D eigenvalue weighted by Gasteiger charge is 2.25. The fourth-order valence-corrected chi connectivity index (χ4v) is 2.35. The number of nitrogens with two attached hydrogens (primary N) is 1. The Balaban J connectivity index is 2.10. The lowest BCUT2D eigenvalue weighted by atomic mass is 10.1. The normalized spacial score (nSPS) is 19.8. The quantitative estimate of drug-likeness (QED) is 0.865. The van der Waals surface area contributed by atoms with Crippen molar-refractivity contribution >= 4 is 17.5 Å². The van der Waals surface area contributed by atoms with Crippen molar-refractivity contribution < 1.29 is 4.79 Å². The smallest absolute Gasteiger partial charge is 0.224 e. The number of benzene rings is 1. The van der Waals surface area contributed by atoms with E-state index in [2.05, 4.69) is 5.32 Å². The van der Waals surface area contributed by atoms with Crippen molar-refractivity contribution in [1.82, 2.24) is 5.32 Å². The molecule has 0 heterocycles. The van der Waals surface area contributed by atoms with E-state index in [9.17, 15) is 4.79 Å². The number of carbonyl (C=O) groups excluding carboxylic acids is 1. The molecular formula is C13H17ClN2O. The van der Waals surface area contributed by atoms with Crippen molar-refractivity contribution in [2.24, 2.45) is 11.7 Å². The molecule has 0 radical (unpaired) electrons. The predicted molar refractivity (Wildman–Crippen MR) is 68.9 cm³/mol. The van der Waals surface area contributed by atoms with Crippen molar-refractivity contribution in [1.29, 1.82) is 0 Å². The second kappa shape index (κ2) is 5.07. The molecule has 1 aromatic rings. The van der Waals surface area contributed by atoms with Crippen LogP contribution in [0.1, 0.15) is 30.5 Å². The van der Waals surface area contributed by atoms with Gasteiger partial charge in [-0.05, 0) is 36.1 Å². The zero-order chi connectivity index (χ0) is 12.4. The number of amides is 1. The van der Waals surface area contributed by atoms with E-state index in [0.717, 1.165) is 17.9 Å². The molecule has 0 bridgehead atoms. The van der Waals surface area contributed by atoms with Gasteiger partial charge in [0.1, 0.15) is 0 Å². The van der Waals surface area contributed by atoms with Gasteiger partial charge in [-0.15, -0.1) is 0 Å². The Bertz CT molecular complexity index is 433. The fourth-order valence-electron chi connectivity index (χ4n) is 2.16. The molecule has 2 unspecified atom stereocenters. The lowest BCUT2D eigenvalue weighted by Crippen LogP contribution is -2.35. The van der Waals surface area contributed by atoms with Crippen LogP contribution in [0, 0.1) is 5.92 Å². The monoisotopic (exact) mass is 252 g/mol. The molecule has 0 saturated carbocycles. The summed E-state index contributed by atoms with van der Waals surface area (Å²) in [6.45, 7) is 2.22. The summed E-state index contributed by atoms with van der Waals surface area (Å²) in [7, 11) is 0. The van der Waals surface area contributed by atoms with E-state index in [1.54, 1.807) is 0 Å². The van der Waals surface area contributed by atoms with E-state index in [0.29, 0.717) is 6.54 Å². The molecule has 17 heavy (non-hydrogen) atoms. The van der Waals surface area contributed by atoms with Crippen LogP contribution in [0.5, 0.6) is 0 Å². The summed E-state index contributed by atoms with van der Waals surface area (Å²) in [5, 5.41) is 3.80. The second-order valence-corrected chi connectivity index (χ2v) is 5.02. The molecule has 0 aromatic heterocycles. The third-order valence-electron chi connectivity index (χ3n) is 3.30. The minimum Gasteiger partial charge on any atom is -0.349 e. The summed E-state index contributed by atoms with van der Waals surface area (Å²) in [6.07, 6.45) is 1.91. The third kappa shape index (κ3) is 2.61. The average Bonchev–Trinajstić information content (AvgIpc) is 2.70. The molecule has 3 N–H and O–H groups in total. The minimum atomic E-state index is -0.133. The molecule has 1 aliphatic rings. The van der Waals surface area contributed by atoms with E-state index in [1.165, 1.54) is 11.1 Å². The molecule has 1 aromatic carbocycles. The number of fused-ring (bicyclic) bond motifs is 1. The van der Waals surface area contributed by atoms with Crippen LogP contribution in [0.25, 0.3) is 0 Å². The highest BCUT2D eigenvalue weighted by Crippen LogP contribution is 2.32. The summed E-state index contributed by atoms with van der Waals surface area (Å²) in [5.74, 6) is -0.105. The zero-order valence-electron chi connectivity index (χ0n) is 9.87. The van der Waals surface area contributed by atoms with Gasteiger partial charge in [-0.3, -0.25) is 4.79 Å². The predicted octanol–water partition coefficient (Wildman–Crippen LogP) is 2.04. The Labute approximate surface area is 106 Å². The number of carbonyl (C=O) groups is 1. The standard InChI is InChI=1S/C13H17ClN2O/c1-8(7-15)13(17)16-12-5-2-9-6-10(14)3-4-11(9)12/h3-4,6,8,12H,2,5,7,15H2,1H3,(H,16,17). The van der Waals surface area contributed by atoms with Gasteiger partial charge in [0, 0.05) is 17.5 Å². The van der Waals surface area contributed by atoms with Crippen molar-refractivity contribution in [2.75, 3.05) is 6.54 Å². The Kier molecular flexibility index (Phi) is 3.69. The van der Waals surface area contributed by atoms with E-state index >= 15 is 0 Å². The molecule has 3 nitrogen and oxygen atoms in total. The van der Waals surface area contributed by atoms with Gasteiger partial charge in [-0.2, -0.15) is 0 Å². The van der Waals surface area contributed by atoms with Gasteiger partial charge in [0.15, 0.2) is 0 Å². The maximum Gasteiger partial charge on any atom is 0.224 e. The lowest BCUT2D eigenvalue weighted by Gasteiger charge is -2.17. The lowest BCUT2D eigenvalue weighted by molar-refractivity contribution is -0.124. The van der Waals surface area contributed by atoms with Gasteiger partial charge in [0.2, 0.25) is 5.91 Å². The molecule has 0 fully saturated rings. The van der Waals surface area contributed by atoms with Gasteiger partial charge < -0.3 is 11.1 Å². The molecule has 0 spiro atoms. The Morgan fingerprint density at radius 3 is 3.12 bits per heavy atom. The summed E-state index contributed by atoms with van der Waals surface area (Å²) in [5.41, 5.74) is 7.91. The van der Waals surface area contributed by atoms with Crippen molar-refractivity contribution in [3.63, 3.8) is 0 Å². The maximum atomic E-state index is 11.8. The summed E-state index contributed by atoms with van der Waals surface area (Å²) >= 11 is 5.95. The summed E-state index contributed by atoms with van der Waals surface area (Å²) < 4.78 is 0. The Morgan fingerprint density at radius 2 is 2.41 bits per heavy atom. The van der Waals surface area contributed by atoms with Crippen LogP contribution in [-0.4, -0.2) is 12.5 Å². The van der Waals surface area contributed by atoms with Crippen molar-refractivity contribution in [2.45, 2.75) is 25.8 Å². The molecule has 0 saturated heterocycles. The van der Waals surface area contributed by atoms with Crippen LogP contribution < -0.4 is 11.1 Å². The highest BCUT2D eigenvalue weighted by molar-refractivity contribution is 6.30. The van der Waals surface area contributed by atoms with Crippen LogP contribution in [0.3, 0.4) is 0 Å². The molecule has 4 heteroatoms. The number of rotatable bonds is 3. The molecule has 0 aliphatic heterocycles. The van der Waals surface area contributed by atoms with E-state index in [-0.39, 0.29) is 17.9 Å². The van der Waals surface area contributed by atoms with E-state index in [4.69, 9.17) is 17.3 Å². The first-order valence-corrected chi connectivity index (χ1v) is 6.28. The number of nitrogens with one attached hydrogen (secondary N) is 1. The van der Waals surface area contributed by atoms with Crippen LogP contribution >= 0.6 is 11.6 Å². The first-order chi connectivity index (χ1) is 8.11. The molecule has 92 valence electrons. The van der Waals surface area contributed by atoms with Crippen molar-refractivity contribution in [3.8, 4) is 0 Å². The number of halogens is 1. The number of hydrogen-bond donors (Lipinski definition) is 2. The summed E-state index contributed by atoms with van der Waals surface area (Å²) in [6, 6.07) is 5.97. The van der Waals surface area contributed by atoms with Gasteiger partial charge in [0.05, 0.1) is 6.04 Å². The van der Waals surface area contributed by atoms with Crippen LogP contribution in [-0.2, 0) is 11.2 Å². The highest BCUT2D eigenvalue weighted by atomic mass is 35.5. The summed E-state index contributed by atoms with van der Waals surface area (Å²) in [4.78, 5) is 11.8. The second-order valence-electron chi connectivity index (χ2n) is 4.58. The van der Waals surface area contributed by atoms with E-state index < -0.39 is 0 Å². The molecule has 2 atom stereocenters. The molecule has 1 amide bonds. The number of hydrogen-bond acceptors (Lipinski definition) is 2. The minimum absolute atomic E-state index is 0.0281. The largest absolute Gasteiger partial charge is 0.349 e. The average molecular weight is 253 g/mol. The van der Waals surface area contributed by atoms with Crippen LogP contribution in [0.4, 0.5) is 0 Å². The SMILES string of the molecule is CC(CN)C(=O)NC1CCc2cc(Cl)ccc21. The van der Waals surface area contributed by atoms with Crippen LogP contribution in [0.15, 0.2) is 18.2 Å². The maximum absolute atomic E-state index is 11.8. The topological polar surface area (TPSA) is 55.1 Å². The van der Waals surface area contributed by atoms with Crippen LogP contribution in [0.2, 0.25) is 5.02 Å². The molecule has 1 aliphatic carbocycles. The van der Waals surface area contributed by atoms with Gasteiger partial charge in [0.25, 0.3) is 0 Å². The molecule has 2 rings (SSSR count). The van der Waals surface area contributed by atoms with Gasteiger partial charge >= 0.3 is 0 Å². The van der Waals surface area contributed by atoms with Crippen molar-refractivity contribution in [3.05, 3.63) is 34.3 Å². The Hall–Kier alpha value is -1.06. The van der Waals surface area contributed by atoms with Gasteiger partial charge in [-0.1, -0.05) is 24.6 Å². The zero-order valence-corrected chi connectivity index (χ0v) is 10.6. The van der Waals surface area contributed by atoms with E-state index in [1.807, 2.05) is 25.1 Å². The van der Waals surface area contributed by atoms with Gasteiger partial charge in [-0.25, -0.2) is 0 Å². The fraction of sp³-hybridized carbons (Fsp3) is 0.462. The number of aryl methyl sites for hydroxylation is 1. The Morgan fingerprint density at radius 1 is 1.65 bits per heavy atom. The first kappa shape index (κ1) is 12.4. The third-order valence-corrected chi connectivity index (χ3v) is 3.54. The molecular weight excluding hydrogens is 236 g/mol.